The number of anilines is 1. The summed E-state index contributed by atoms with van der Waals surface area (Å²) in [7, 11) is 1.80. The monoisotopic (exact) mass is 341 g/mol. The SMILES string of the molecule is Cn1cc(NC(=O)N2CCCCC2CNC(=O)c2ccccc2)cn1. The maximum absolute atomic E-state index is 12.6. The van der Waals surface area contributed by atoms with Crippen LogP contribution in [0.15, 0.2) is 42.7 Å². The molecule has 1 aromatic heterocycles. The van der Waals surface area contributed by atoms with Crippen LogP contribution in [0.1, 0.15) is 29.6 Å². The molecular formula is C18H23N5O2. The van der Waals surface area contributed by atoms with E-state index in [4.69, 9.17) is 0 Å². The maximum atomic E-state index is 12.6. The van der Waals surface area contributed by atoms with E-state index in [2.05, 4.69) is 15.7 Å². The van der Waals surface area contributed by atoms with Crippen LogP contribution >= 0.6 is 0 Å². The van der Waals surface area contributed by atoms with E-state index in [0.717, 1.165) is 19.3 Å². The van der Waals surface area contributed by atoms with Crippen LogP contribution in [-0.4, -0.2) is 45.8 Å². The minimum absolute atomic E-state index is 0.00177. The van der Waals surface area contributed by atoms with E-state index in [1.165, 1.54) is 0 Å². The molecule has 0 saturated carbocycles. The van der Waals surface area contributed by atoms with Crippen LogP contribution in [0.25, 0.3) is 0 Å². The summed E-state index contributed by atoms with van der Waals surface area (Å²) in [5.74, 6) is -0.112. The van der Waals surface area contributed by atoms with Gasteiger partial charge in [-0.15, -0.1) is 0 Å². The van der Waals surface area contributed by atoms with Crippen LogP contribution in [0.4, 0.5) is 10.5 Å². The first-order chi connectivity index (χ1) is 12.1. The number of amides is 3. The highest BCUT2D eigenvalue weighted by Crippen LogP contribution is 2.18. The minimum atomic E-state index is -0.147. The Kier molecular flexibility index (Phi) is 5.33. The van der Waals surface area contributed by atoms with Gasteiger partial charge in [0, 0.05) is 31.9 Å². The normalized spacial score (nSPS) is 17.2. The van der Waals surface area contributed by atoms with Crippen LogP contribution in [0, 0.1) is 0 Å². The minimum Gasteiger partial charge on any atom is -0.350 e. The average molecular weight is 341 g/mol. The molecule has 1 fully saturated rings. The van der Waals surface area contributed by atoms with Gasteiger partial charge in [-0.05, 0) is 31.4 Å². The summed E-state index contributed by atoms with van der Waals surface area (Å²) in [6.07, 6.45) is 6.30. The number of hydrogen-bond donors (Lipinski definition) is 2. The van der Waals surface area contributed by atoms with Gasteiger partial charge in [0.25, 0.3) is 5.91 Å². The first kappa shape index (κ1) is 17.0. The Balaban J connectivity index is 1.58. The van der Waals surface area contributed by atoms with E-state index in [-0.39, 0.29) is 18.0 Å². The lowest BCUT2D eigenvalue weighted by Gasteiger charge is -2.35. The van der Waals surface area contributed by atoms with Crippen LogP contribution in [0.5, 0.6) is 0 Å². The summed E-state index contributed by atoms with van der Waals surface area (Å²) in [5, 5.41) is 9.87. The molecule has 132 valence electrons. The summed E-state index contributed by atoms with van der Waals surface area (Å²) in [6.45, 7) is 1.14. The van der Waals surface area contributed by atoms with E-state index in [9.17, 15) is 9.59 Å². The fourth-order valence-corrected chi connectivity index (χ4v) is 3.06. The Bertz CT molecular complexity index is 728. The molecule has 1 saturated heterocycles. The van der Waals surface area contributed by atoms with E-state index >= 15 is 0 Å². The number of benzene rings is 1. The van der Waals surface area contributed by atoms with Crippen molar-refractivity contribution in [3.05, 3.63) is 48.3 Å². The van der Waals surface area contributed by atoms with Gasteiger partial charge in [-0.1, -0.05) is 18.2 Å². The highest BCUT2D eigenvalue weighted by atomic mass is 16.2. The molecule has 0 spiro atoms. The number of aryl methyl sites for hydroxylation is 1. The zero-order valence-corrected chi connectivity index (χ0v) is 14.3. The summed E-state index contributed by atoms with van der Waals surface area (Å²) in [5.41, 5.74) is 1.30. The molecule has 7 heteroatoms. The number of nitrogens with zero attached hydrogens (tertiary/aromatic N) is 3. The largest absolute Gasteiger partial charge is 0.350 e. The van der Waals surface area contributed by atoms with E-state index < -0.39 is 0 Å². The first-order valence-electron chi connectivity index (χ1n) is 8.53. The van der Waals surface area contributed by atoms with Gasteiger partial charge in [-0.2, -0.15) is 5.10 Å². The maximum Gasteiger partial charge on any atom is 0.322 e. The molecular weight excluding hydrogens is 318 g/mol. The number of rotatable bonds is 4. The molecule has 2 aromatic rings. The lowest BCUT2D eigenvalue weighted by Crippen LogP contribution is -2.50. The highest BCUT2D eigenvalue weighted by Gasteiger charge is 2.27. The third-order valence-electron chi connectivity index (χ3n) is 4.38. The number of carbonyl (C=O) groups excluding carboxylic acids is 2. The van der Waals surface area contributed by atoms with Gasteiger partial charge in [0.2, 0.25) is 0 Å². The van der Waals surface area contributed by atoms with Crippen LogP contribution in [-0.2, 0) is 7.05 Å². The van der Waals surface area contributed by atoms with Crippen molar-refractivity contribution in [3.8, 4) is 0 Å². The van der Waals surface area contributed by atoms with Gasteiger partial charge in [0.1, 0.15) is 0 Å². The van der Waals surface area contributed by atoms with Gasteiger partial charge in [0.05, 0.1) is 17.9 Å². The van der Waals surface area contributed by atoms with E-state index in [0.29, 0.717) is 24.3 Å². The van der Waals surface area contributed by atoms with Crippen molar-refractivity contribution >= 4 is 17.6 Å². The van der Waals surface area contributed by atoms with Crippen molar-refractivity contribution in [2.75, 3.05) is 18.4 Å². The summed E-state index contributed by atoms with van der Waals surface area (Å²) in [4.78, 5) is 26.6. The number of nitrogens with one attached hydrogen (secondary N) is 2. The second-order valence-corrected chi connectivity index (χ2v) is 6.25. The number of hydrogen-bond acceptors (Lipinski definition) is 3. The Labute approximate surface area is 147 Å². The molecule has 2 N–H and O–H groups in total. The molecule has 0 radical (unpaired) electrons. The van der Waals surface area contributed by atoms with Crippen molar-refractivity contribution < 1.29 is 9.59 Å². The number of likely N-dealkylation sites (tertiary alicyclic amines) is 1. The van der Waals surface area contributed by atoms with Crippen molar-refractivity contribution in [2.45, 2.75) is 25.3 Å². The molecule has 1 aromatic carbocycles. The lowest BCUT2D eigenvalue weighted by atomic mass is 10.0. The number of aromatic nitrogens is 2. The highest BCUT2D eigenvalue weighted by molar-refractivity contribution is 5.94. The van der Waals surface area contributed by atoms with Gasteiger partial charge in [-0.3, -0.25) is 9.48 Å². The lowest BCUT2D eigenvalue weighted by molar-refractivity contribution is 0.0929. The summed E-state index contributed by atoms with van der Waals surface area (Å²) >= 11 is 0. The third-order valence-corrected chi connectivity index (χ3v) is 4.38. The van der Waals surface area contributed by atoms with Crippen LogP contribution < -0.4 is 10.6 Å². The number of piperidine rings is 1. The molecule has 3 amide bonds. The van der Waals surface area contributed by atoms with Crippen molar-refractivity contribution in [1.82, 2.24) is 20.0 Å². The van der Waals surface area contributed by atoms with Gasteiger partial charge in [-0.25, -0.2) is 4.79 Å². The Hall–Kier alpha value is -2.83. The van der Waals surface area contributed by atoms with E-state index in [1.54, 1.807) is 36.3 Å². The van der Waals surface area contributed by atoms with Gasteiger partial charge >= 0.3 is 6.03 Å². The molecule has 2 heterocycles. The molecule has 0 aliphatic carbocycles. The first-order valence-corrected chi connectivity index (χ1v) is 8.53. The zero-order valence-electron chi connectivity index (χ0n) is 14.3. The van der Waals surface area contributed by atoms with Crippen molar-refractivity contribution in [1.29, 1.82) is 0 Å². The summed E-state index contributed by atoms with van der Waals surface area (Å²) in [6, 6.07) is 8.96. The number of carbonyl (C=O) groups is 2. The molecule has 25 heavy (non-hydrogen) atoms. The van der Waals surface area contributed by atoms with Crippen molar-refractivity contribution in [3.63, 3.8) is 0 Å². The average Bonchev–Trinajstić information content (AvgIpc) is 3.05. The third kappa shape index (κ3) is 4.37. The molecule has 1 atom stereocenters. The standard InChI is InChI=1S/C18H23N5O2/c1-22-13-15(11-20-22)21-18(25)23-10-6-5-9-16(23)12-19-17(24)14-7-3-2-4-8-14/h2-4,7-8,11,13,16H,5-6,9-10,12H2,1H3,(H,19,24)(H,21,25). The topological polar surface area (TPSA) is 79.3 Å². The predicted octanol–water partition coefficient (Wildman–Crippen LogP) is 2.24. The molecule has 3 rings (SSSR count). The van der Waals surface area contributed by atoms with Gasteiger partial charge < -0.3 is 15.5 Å². The second-order valence-electron chi connectivity index (χ2n) is 6.25. The molecule has 7 nitrogen and oxygen atoms in total. The van der Waals surface area contributed by atoms with Crippen molar-refractivity contribution in [2.24, 2.45) is 7.05 Å². The second kappa shape index (κ2) is 7.83. The van der Waals surface area contributed by atoms with E-state index in [1.807, 2.05) is 23.1 Å². The smallest absolute Gasteiger partial charge is 0.322 e. The Morgan fingerprint density at radius 2 is 2.04 bits per heavy atom. The summed E-state index contributed by atoms with van der Waals surface area (Å²) < 4.78 is 1.64. The zero-order chi connectivity index (χ0) is 17.6. The van der Waals surface area contributed by atoms with Crippen LogP contribution in [0.3, 0.4) is 0 Å². The fourth-order valence-electron chi connectivity index (χ4n) is 3.06. The predicted molar refractivity (Wildman–Crippen MR) is 95.3 cm³/mol. The molecule has 1 aliphatic rings. The van der Waals surface area contributed by atoms with Crippen LogP contribution in [0.2, 0.25) is 0 Å². The molecule has 1 aliphatic heterocycles. The molecule has 0 bridgehead atoms. The number of urea groups is 1. The quantitative estimate of drug-likeness (QED) is 0.895. The van der Waals surface area contributed by atoms with Gasteiger partial charge in [0.15, 0.2) is 0 Å². The Morgan fingerprint density at radius 1 is 1.24 bits per heavy atom. The molecule has 1 unspecified atom stereocenters. The fraction of sp³-hybridized carbons (Fsp3) is 0.389. The Morgan fingerprint density at radius 3 is 2.76 bits per heavy atom.